The minimum Gasteiger partial charge on any atom is -0.385 e. The van der Waals surface area contributed by atoms with Gasteiger partial charge in [0.2, 0.25) is 0 Å². The van der Waals surface area contributed by atoms with Gasteiger partial charge in [0.1, 0.15) is 0 Å². The lowest BCUT2D eigenvalue weighted by Gasteiger charge is -2.23. The zero-order valence-corrected chi connectivity index (χ0v) is 10.7. The smallest absolute Gasteiger partial charge is 0.0991 e. The summed E-state index contributed by atoms with van der Waals surface area (Å²) >= 11 is 0. The van der Waals surface area contributed by atoms with Crippen LogP contribution in [0.1, 0.15) is 57.1 Å². The molecule has 1 unspecified atom stereocenters. The van der Waals surface area contributed by atoms with E-state index in [4.69, 9.17) is 5.26 Å². The molecule has 0 heterocycles. The first kappa shape index (κ1) is 13.7. The number of aliphatic hydroxyl groups is 1. The van der Waals surface area contributed by atoms with Crippen LogP contribution in [0.5, 0.6) is 0 Å². The van der Waals surface area contributed by atoms with Gasteiger partial charge in [-0.2, -0.15) is 5.26 Å². The van der Waals surface area contributed by atoms with Crippen LogP contribution in [0.25, 0.3) is 0 Å². The van der Waals surface area contributed by atoms with Gasteiger partial charge in [-0.05, 0) is 31.0 Å². The van der Waals surface area contributed by atoms with Gasteiger partial charge in [0.15, 0.2) is 0 Å². The number of rotatable bonds is 6. The van der Waals surface area contributed by atoms with Gasteiger partial charge in [0, 0.05) is 0 Å². The molecule has 1 N–H and O–H groups in total. The molecule has 2 nitrogen and oxygen atoms in total. The molecule has 0 saturated carbocycles. The monoisotopic (exact) mass is 231 g/mol. The van der Waals surface area contributed by atoms with Crippen LogP contribution in [0.15, 0.2) is 24.3 Å². The number of unbranched alkanes of at least 4 members (excludes halogenated alkanes) is 3. The Morgan fingerprint density at radius 1 is 1.18 bits per heavy atom. The highest BCUT2D eigenvalue weighted by Gasteiger charge is 2.21. The number of nitrogens with zero attached hydrogens (tertiary/aromatic N) is 1. The van der Waals surface area contributed by atoms with E-state index >= 15 is 0 Å². The summed E-state index contributed by atoms with van der Waals surface area (Å²) in [6.45, 7) is 4.03. The predicted octanol–water partition coefficient (Wildman–Crippen LogP) is 3.74. The third-order valence-electron chi connectivity index (χ3n) is 3.15. The molecule has 1 aromatic rings. The molecule has 1 aromatic carbocycles. The summed E-state index contributed by atoms with van der Waals surface area (Å²) in [6, 6.07) is 9.29. The molecule has 17 heavy (non-hydrogen) atoms. The summed E-state index contributed by atoms with van der Waals surface area (Å²) in [5.74, 6) is 0. The van der Waals surface area contributed by atoms with E-state index in [0.29, 0.717) is 5.56 Å². The topological polar surface area (TPSA) is 44.0 Å². The molecule has 1 rings (SSSR count). The van der Waals surface area contributed by atoms with E-state index in [1.165, 1.54) is 19.3 Å². The van der Waals surface area contributed by atoms with Crippen molar-refractivity contribution in [2.45, 2.75) is 51.6 Å². The van der Waals surface area contributed by atoms with E-state index < -0.39 is 5.60 Å². The second-order valence-electron chi connectivity index (χ2n) is 4.77. The molecule has 0 saturated heterocycles. The Hall–Kier alpha value is -1.33. The van der Waals surface area contributed by atoms with Crippen molar-refractivity contribution in [1.29, 1.82) is 5.26 Å². The van der Waals surface area contributed by atoms with Gasteiger partial charge in [0.05, 0.1) is 17.2 Å². The van der Waals surface area contributed by atoms with E-state index in [9.17, 15) is 5.11 Å². The lowest BCUT2D eigenvalue weighted by atomic mass is 9.89. The van der Waals surface area contributed by atoms with Gasteiger partial charge in [-0.15, -0.1) is 0 Å². The Morgan fingerprint density at radius 2 is 1.82 bits per heavy atom. The third kappa shape index (κ3) is 4.20. The first-order valence-corrected chi connectivity index (χ1v) is 6.33. The molecule has 2 heteroatoms. The van der Waals surface area contributed by atoms with Gasteiger partial charge in [-0.3, -0.25) is 0 Å². The van der Waals surface area contributed by atoms with Crippen molar-refractivity contribution in [2.24, 2.45) is 0 Å². The Morgan fingerprint density at radius 3 is 2.35 bits per heavy atom. The lowest BCUT2D eigenvalue weighted by molar-refractivity contribution is 0.0448. The average molecular weight is 231 g/mol. The molecule has 0 radical (unpaired) electrons. The SMILES string of the molecule is CCCCCCC(C)(O)c1ccc(C#N)cc1. The normalized spacial score (nSPS) is 14.0. The van der Waals surface area contributed by atoms with Crippen molar-refractivity contribution in [3.8, 4) is 6.07 Å². The Bertz CT molecular complexity index is 373. The van der Waals surface area contributed by atoms with Crippen LogP contribution in [0, 0.1) is 11.3 Å². The zero-order valence-electron chi connectivity index (χ0n) is 10.7. The fraction of sp³-hybridized carbons (Fsp3) is 0.533. The molecule has 0 aromatic heterocycles. The molecule has 0 aliphatic rings. The first-order chi connectivity index (χ1) is 8.10. The van der Waals surface area contributed by atoms with Gasteiger partial charge in [-0.25, -0.2) is 0 Å². The average Bonchev–Trinajstić information content (AvgIpc) is 2.35. The van der Waals surface area contributed by atoms with Crippen LogP contribution in [-0.4, -0.2) is 5.11 Å². The summed E-state index contributed by atoms with van der Waals surface area (Å²) in [4.78, 5) is 0. The molecule has 1 atom stereocenters. The van der Waals surface area contributed by atoms with E-state index in [1.807, 2.05) is 19.1 Å². The van der Waals surface area contributed by atoms with Gasteiger partial charge < -0.3 is 5.11 Å². The van der Waals surface area contributed by atoms with E-state index in [-0.39, 0.29) is 0 Å². The van der Waals surface area contributed by atoms with Crippen LogP contribution < -0.4 is 0 Å². The molecule has 92 valence electrons. The van der Waals surface area contributed by atoms with Gasteiger partial charge in [-0.1, -0.05) is 44.7 Å². The maximum Gasteiger partial charge on any atom is 0.0991 e. The Balaban J connectivity index is 2.59. The van der Waals surface area contributed by atoms with E-state index in [2.05, 4.69) is 13.0 Å². The fourth-order valence-electron chi connectivity index (χ4n) is 1.94. The quantitative estimate of drug-likeness (QED) is 0.758. The maximum atomic E-state index is 10.4. The third-order valence-corrected chi connectivity index (χ3v) is 3.15. The molecular formula is C15H21NO. The van der Waals surface area contributed by atoms with Gasteiger partial charge in [0.25, 0.3) is 0 Å². The van der Waals surface area contributed by atoms with Crippen molar-refractivity contribution in [2.75, 3.05) is 0 Å². The highest BCUT2D eigenvalue weighted by molar-refractivity contribution is 5.33. The van der Waals surface area contributed by atoms with Crippen molar-refractivity contribution in [1.82, 2.24) is 0 Å². The van der Waals surface area contributed by atoms with Crippen LogP contribution >= 0.6 is 0 Å². The highest BCUT2D eigenvalue weighted by Crippen LogP contribution is 2.27. The summed E-state index contributed by atoms with van der Waals surface area (Å²) in [6.07, 6.45) is 5.42. The molecule has 0 amide bonds. The predicted molar refractivity (Wildman–Crippen MR) is 69.5 cm³/mol. The van der Waals surface area contributed by atoms with Crippen LogP contribution in [0.3, 0.4) is 0 Å². The molecule has 0 fully saturated rings. The van der Waals surface area contributed by atoms with Crippen LogP contribution in [0.4, 0.5) is 0 Å². The molecule has 0 aliphatic heterocycles. The second kappa shape index (κ2) is 6.42. The molecule has 0 spiro atoms. The van der Waals surface area contributed by atoms with Gasteiger partial charge >= 0.3 is 0 Å². The number of hydrogen-bond acceptors (Lipinski definition) is 2. The summed E-state index contributed by atoms with van der Waals surface area (Å²) in [5.41, 5.74) is 0.755. The molecule has 0 aliphatic carbocycles. The first-order valence-electron chi connectivity index (χ1n) is 6.33. The largest absolute Gasteiger partial charge is 0.385 e. The van der Waals surface area contributed by atoms with Crippen molar-refractivity contribution < 1.29 is 5.11 Å². The van der Waals surface area contributed by atoms with Crippen LogP contribution in [0.2, 0.25) is 0 Å². The Labute approximate surface area is 104 Å². The minimum atomic E-state index is -0.776. The lowest BCUT2D eigenvalue weighted by Crippen LogP contribution is -2.20. The fourth-order valence-corrected chi connectivity index (χ4v) is 1.94. The van der Waals surface area contributed by atoms with Crippen molar-refractivity contribution in [3.05, 3.63) is 35.4 Å². The Kier molecular flexibility index (Phi) is 5.18. The van der Waals surface area contributed by atoms with E-state index in [1.54, 1.807) is 12.1 Å². The van der Waals surface area contributed by atoms with E-state index in [0.717, 1.165) is 18.4 Å². The number of benzene rings is 1. The minimum absolute atomic E-state index is 0.635. The standard InChI is InChI=1S/C15H21NO/c1-3-4-5-6-11-15(2,17)14-9-7-13(12-16)8-10-14/h7-10,17H,3-6,11H2,1-2H3. The second-order valence-corrected chi connectivity index (χ2v) is 4.77. The molecular weight excluding hydrogens is 210 g/mol. The number of nitriles is 1. The van der Waals surface area contributed by atoms with Crippen molar-refractivity contribution in [3.63, 3.8) is 0 Å². The highest BCUT2D eigenvalue weighted by atomic mass is 16.3. The maximum absolute atomic E-state index is 10.4. The number of hydrogen-bond donors (Lipinski definition) is 1. The summed E-state index contributed by atoms with van der Waals surface area (Å²) in [7, 11) is 0. The summed E-state index contributed by atoms with van der Waals surface area (Å²) < 4.78 is 0. The molecule has 0 bridgehead atoms. The van der Waals surface area contributed by atoms with Crippen molar-refractivity contribution >= 4 is 0 Å². The van der Waals surface area contributed by atoms with Crippen LogP contribution in [-0.2, 0) is 5.60 Å². The zero-order chi connectivity index (χ0) is 12.7. The summed E-state index contributed by atoms with van der Waals surface area (Å²) in [5, 5.41) is 19.1.